The fourth-order valence-electron chi connectivity index (χ4n) is 1.27. The van der Waals surface area contributed by atoms with E-state index in [1.165, 1.54) is 4.90 Å². The summed E-state index contributed by atoms with van der Waals surface area (Å²) in [5, 5.41) is 2.61. The molecule has 0 saturated heterocycles. The lowest BCUT2D eigenvalue weighted by Gasteiger charge is -2.07. The molecule has 1 unspecified atom stereocenters. The van der Waals surface area contributed by atoms with E-state index in [2.05, 4.69) is 11.4 Å². The Hall–Kier alpha value is -1.00. The summed E-state index contributed by atoms with van der Waals surface area (Å²) in [4.78, 5) is 12.2. The third-order valence-electron chi connectivity index (χ3n) is 2.26. The van der Waals surface area contributed by atoms with Crippen LogP contribution in [0.5, 0.6) is 0 Å². The van der Waals surface area contributed by atoms with Gasteiger partial charge >= 0.3 is 0 Å². The third-order valence-corrected chi connectivity index (χ3v) is 3.26. The number of nitrogens with two attached hydrogens (primary N) is 1. The van der Waals surface area contributed by atoms with E-state index >= 15 is 0 Å². The van der Waals surface area contributed by atoms with Crippen LogP contribution >= 0.6 is 11.8 Å². The van der Waals surface area contributed by atoms with Crippen molar-refractivity contribution in [2.45, 2.75) is 24.3 Å². The van der Waals surface area contributed by atoms with Crippen molar-refractivity contribution in [3.05, 3.63) is 29.8 Å². The second-order valence-electron chi connectivity index (χ2n) is 3.63. The molecule has 0 aromatic heterocycles. The zero-order chi connectivity index (χ0) is 12.0. The highest BCUT2D eigenvalue weighted by molar-refractivity contribution is 7.99. The first kappa shape index (κ1) is 13.1. The van der Waals surface area contributed by atoms with Crippen molar-refractivity contribution in [2.24, 2.45) is 5.73 Å². The Balaban J connectivity index is 2.48. The molecule has 0 radical (unpaired) electrons. The van der Waals surface area contributed by atoms with Gasteiger partial charge in [0.2, 0.25) is 5.91 Å². The van der Waals surface area contributed by atoms with Crippen LogP contribution in [-0.4, -0.2) is 18.7 Å². The van der Waals surface area contributed by atoms with E-state index in [1.54, 1.807) is 18.8 Å². The van der Waals surface area contributed by atoms with Crippen LogP contribution in [0.4, 0.5) is 0 Å². The van der Waals surface area contributed by atoms with E-state index in [0.717, 1.165) is 11.3 Å². The summed E-state index contributed by atoms with van der Waals surface area (Å²) >= 11 is 1.68. The van der Waals surface area contributed by atoms with Gasteiger partial charge in [0.05, 0.1) is 0 Å². The van der Waals surface area contributed by atoms with Crippen LogP contribution in [-0.2, 0) is 4.79 Å². The number of carbonyl (C=O) groups excluding carboxylic acids is 1. The average Bonchev–Trinajstić information content (AvgIpc) is 2.29. The van der Waals surface area contributed by atoms with E-state index in [-0.39, 0.29) is 11.9 Å². The van der Waals surface area contributed by atoms with Crippen LogP contribution in [0.1, 0.15) is 24.9 Å². The predicted octanol–water partition coefficient (Wildman–Crippen LogP) is 1.93. The molecular weight excluding hydrogens is 220 g/mol. The molecule has 16 heavy (non-hydrogen) atoms. The Bertz CT molecular complexity index is 353. The quantitative estimate of drug-likeness (QED) is 0.771. The number of amides is 1. The van der Waals surface area contributed by atoms with Crippen LogP contribution in [0.2, 0.25) is 0 Å². The van der Waals surface area contributed by atoms with Crippen molar-refractivity contribution in [2.75, 3.05) is 12.8 Å². The number of hydrogen-bond acceptors (Lipinski definition) is 3. The highest BCUT2D eigenvalue weighted by atomic mass is 32.2. The van der Waals surface area contributed by atoms with Crippen LogP contribution in [0.3, 0.4) is 0 Å². The molecule has 0 fully saturated rings. The standard InChI is InChI=1S/C12H18N2OS/c1-9(13)10-4-3-5-11(8-10)16-7-6-12(15)14-2/h3-5,8-9H,6-7,13H2,1-2H3,(H,14,15). The molecule has 0 aliphatic heterocycles. The summed E-state index contributed by atoms with van der Waals surface area (Å²) in [5.74, 6) is 0.873. The van der Waals surface area contributed by atoms with Crippen molar-refractivity contribution < 1.29 is 4.79 Å². The average molecular weight is 238 g/mol. The van der Waals surface area contributed by atoms with Gasteiger partial charge in [-0.05, 0) is 24.6 Å². The molecule has 0 saturated carbocycles. The van der Waals surface area contributed by atoms with Crippen LogP contribution in [0, 0.1) is 0 Å². The molecule has 1 amide bonds. The molecule has 0 heterocycles. The fourth-order valence-corrected chi connectivity index (χ4v) is 2.19. The van der Waals surface area contributed by atoms with Crippen LogP contribution < -0.4 is 11.1 Å². The number of nitrogens with one attached hydrogen (secondary N) is 1. The third kappa shape index (κ3) is 4.24. The summed E-state index contributed by atoms with van der Waals surface area (Å²) in [7, 11) is 1.66. The zero-order valence-electron chi connectivity index (χ0n) is 9.69. The molecule has 1 aromatic carbocycles. The molecule has 1 aromatic rings. The van der Waals surface area contributed by atoms with Gasteiger partial charge in [-0.15, -0.1) is 11.8 Å². The SMILES string of the molecule is CNC(=O)CCSc1cccc(C(C)N)c1. The highest BCUT2D eigenvalue weighted by Crippen LogP contribution is 2.22. The molecule has 4 heteroatoms. The maximum atomic E-state index is 11.0. The number of benzene rings is 1. The maximum Gasteiger partial charge on any atom is 0.220 e. The predicted molar refractivity (Wildman–Crippen MR) is 68.5 cm³/mol. The summed E-state index contributed by atoms with van der Waals surface area (Å²) in [6.07, 6.45) is 0.545. The molecule has 1 atom stereocenters. The normalized spacial score (nSPS) is 12.2. The van der Waals surface area contributed by atoms with Gasteiger partial charge < -0.3 is 11.1 Å². The van der Waals surface area contributed by atoms with E-state index in [0.29, 0.717) is 6.42 Å². The van der Waals surface area contributed by atoms with E-state index in [1.807, 2.05) is 25.1 Å². The lowest BCUT2D eigenvalue weighted by Crippen LogP contribution is -2.17. The lowest BCUT2D eigenvalue weighted by molar-refractivity contribution is -0.120. The molecule has 3 nitrogen and oxygen atoms in total. The Morgan fingerprint density at radius 3 is 2.94 bits per heavy atom. The summed E-state index contributed by atoms with van der Waals surface area (Å²) < 4.78 is 0. The largest absolute Gasteiger partial charge is 0.359 e. The summed E-state index contributed by atoms with van der Waals surface area (Å²) in [6.45, 7) is 1.97. The first-order chi connectivity index (χ1) is 7.63. The molecule has 0 bridgehead atoms. The van der Waals surface area contributed by atoms with E-state index in [9.17, 15) is 4.79 Å². The summed E-state index contributed by atoms with van der Waals surface area (Å²) in [5.41, 5.74) is 6.94. The number of rotatable bonds is 5. The maximum absolute atomic E-state index is 11.0. The Kier molecular flexibility index (Phi) is 5.35. The van der Waals surface area contributed by atoms with Gasteiger partial charge in [0.1, 0.15) is 0 Å². The van der Waals surface area contributed by atoms with E-state index < -0.39 is 0 Å². The Morgan fingerprint density at radius 1 is 1.56 bits per heavy atom. The van der Waals surface area contributed by atoms with Crippen molar-refractivity contribution in [3.63, 3.8) is 0 Å². The Labute approximate surface area is 101 Å². The second-order valence-corrected chi connectivity index (χ2v) is 4.80. The van der Waals surface area contributed by atoms with E-state index in [4.69, 9.17) is 5.73 Å². The zero-order valence-corrected chi connectivity index (χ0v) is 10.5. The molecule has 0 aliphatic rings. The Morgan fingerprint density at radius 2 is 2.31 bits per heavy atom. The van der Waals surface area contributed by atoms with Crippen LogP contribution in [0.15, 0.2) is 29.2 Å². The molecule has 0 spiro atoms. The minimum Gasteiger partial charge on any atom is -0.359 e. The van der Waals surface area contributed by atoms with Crippen molar-refractivity contribution in [3.8, 4) is 0 Å². The van der Waals surface area contributed by atoms with Gasteiger partial charge in [-0.1, -0.05) is 12.1 Å². The topological polar surface area (TPSA) is 55.1 Å². The fraction of sp³-hybridized carbons (Fsp3) is 0.417. The second kappa shape index (κ2) is 6.55. The van der Waals surface area contributed by atoms with Gasteiger partial charge in [-0.25, -0.2) is 0 Å². The highest BCUT2D eigenvalue weighted by Gasteiger charge is 2.02. The molecule has 1 rings (SSSR count). The molecule has 3 N–H and O–H groups in total. The van der Waals surface area contributed by atoms with Crippen molar-refractivity contribution in [1.29, 1.82) is 0 Å². The summed E-state index contributed by atoms with van der Waals surface area (Å²) in [6, 6.07) is 8.20. The van der Waals surface area contributed by atoms with Gasteiger partial charge in [-0.2, -0.15) is 0 Å². The molecular formula is C12H18N2OS. The van der Waals surface area contributed by atoms with Gasteiger partial charge in [0, 0.05) is 30.2 Å². The first-order valence-corrected chi connectivity index (χ1v) is 6.31. The van der Waals surface area contributed by atoms with Crippen molar-refractivity contribution >= 4 is 17.7 Å². The number of thioether (sulfide) groups is 1. The lowest BCUT2D eigenvalue weighted by atomic mass is 10.1. The number of hydrogen-bond donors (Lipinski definition) is 2. The molecule has 88 valence electrons. The monoisotopic (exact) mass is 238 g/mol. The number of carbonyl (C=O) groups is 1. The minimum absolute atomic E-state index is 0.0551. The molecule has 0 aliphatic carbocycles. The van der Waals surface area contributed by atoms with Gasteiger partial charge in [-0.3, -0.25) is 4.79 Å². The van der Waals surface area contributed by atoms with Gasteiger partial charge in [0.25, 0.3) is 0 Å². The van der Waals surface area contributed by atoms with Crippen molar-refractivity contribution in [1.82, 2.24) is 5.32 Å². The minimum atomic E-state index is 0.0551. The first-order valence-electron chi connectivity index (χ1n) is 5.32. The smallest absolute Gasteiger partial charge is 0.220 e. The van der Waals surface area contributed by atoms with Crippen LogP contribution in [0.25, 0.3) is 0 Å². The van der Waals surface area contributed by atoms with Gasteiger partial charge in [0.15, 0.2) is 0 Å².